The average Bonchev–Trinajstić information content (AvgIpc) is 2.82. The SMILES string of the molecule is COc1cc2c(CC(=O)O)c(C)n(Cc3ccc(Cl)c(Cl)c3)c2cc1Cl. The number of carboxylic acid groups (broad SMARTS) is 1. The van der Waals surface area contributed by atoms with E-state index in [-0.39, 0.29) is 6.42 Å². The van der Waals surface area contributed by atoms with Crippen LogP contribution in [0.3, 0.4) is 0 Å². The first-order valence-corrected chi connectivity index (χ1v) is 8.96. The first-order chi connectivity index (χ1) is 12.3. The van der Waals surface area contributed by atoms with E-state index in [1.54, 1.807) is 24.3 Å². The summed E-state index contributed by atoms with van der Waals surface area (Å²) >= 11 is 18.4. The number of fused-ring (bicyclic) bond motifs is 1. The first-order valence-electron chi connectivity index (χ1n) is 7.82. The van der Waals surface area contributed by atoms with Crippen LogP contribution in [0.5, 0.6) is 5.75 Å². The Bertz CT molecular complexity index is 1010. The molecule has 0 saturated carbocycles. The summed E-state index contributed by atoms with van der Waals surface area (Å²) in [6.45, 7) is 2.41. The summed E-state index contributed by atoms with van der Waals surface area (Å²) in [6.07, 6.45) is -0.0819. The maximum Gasteiger partial charge on any atom is 0.307 e. The number of aliphatic carboxylic acids is 1. The molecule has 4 nitrogen and oxygen atoms in total. The van der Waals surface area contributed by atoms with Gasteiger partial charge in [-0.1, -0.05) is 40.9 Å². The maximum absolute atomic E-state index is 11.3. The molecule has 0 aliphatic rings. The van der Waals surface area contributed by atoms with E-state index in [4.69, 9.17) is 39.5 Å². The number of rotatable bonds is 5. The number of aromatic nitrogens is 1. The Balaban J connectivity index is 2.20. The number of methoxy groups -OCH3 is 1. The summed E-state index contributed by atoms with van der Waals surface area (Å²) in [5.41, 5.74) is 3.39. The highest BCUT2D eigenvalue weighted by Crippen LogP contribution is 2.35. The molecule has 0 atom stereocenters. The van der Waals surface area contributed by atoms with Gasteiger partial charge in [-0.15, -0.1) is 0 Å². The predicted octanol–water partition coefficient (Wildman–Crippen LogP) is 5.59. The molecule has 0 unspecified atom stereocenters. The number of hydrogen-bond acceptors (Lipinski definition) is 2. The van der Waals surface area contributed by atoms with Crippen molar-refractivity contribution in [2.24, 2.45) is 0 Å². The van der Waals surface area contributed by atoms with Crippen LogP contribution in [-0.4, -0.2) is 22.8 Å². The van der Waals surface area contributed by atoms with Crippen LogP contribution in [0, 0.1) is 6.92 Å². The van der Waals surface area contributed by atoms with E-state index in [9.17, 15) is 9.90 Å². The summed E-state index contributed by atoms with van der Waals surface area (Å²) in [5.74, 6) is -0.381. The molecule has 3 aromatic rings. The van der Waals surface area contributed by atoms with Gasteiger partial charge in [-0.25, -0.2) is 0 Å². The van der Waals surface area contributed by atoms with Gasteiger partial charge in [-0.05, 0) is 42.3 Å². The second-order valence-corrected chi connectivity index (χ2v) is 7.19. The van der Waals surface area contributed by atoms with Crippen LogP contribution in [-0.2, 0) is 17.8 Å². The quantitative estimate of drug-likeness (QED) is 0.594. The van der Waals surface area contributed by atoms with E-state index in [2.05, 4.69) is 0 Å². The predicted molar refractivity (Wildman–Crippen MR) is 105 cm³/mol. The van der Waals surface area contributed by atoms with Gasteiger partial charge in [0.1, 0.15) is 5.75 Å². The summed E-state index contributed by atoms with van der Waals surface area (Å²) < 4.78 is 7.31. The van der Waals surface area contributed by atoms with E-state index in [1.165, 1.54) is 7.11 Å². The fourth-order valence-corrected chi connectivity index (χ4v) is 3.66. The lowest BCUT2D eigenvalue weighted by Gasteiger charge is -2.11. The molecule has 0 aliphatic carbocycles. The summed E-state index contributed by atoms with van der Waals surface area (Å²) in [7, 11) is 1.53. The third kappa shape index (κ3) is 3.50. The van der Waals surface area contributed by atoms with Gasteiger partial charge in [0.2, 0.25) is 0 Å². The number of benzene rings is 2. The fourth-order valence-electron chi connectivity index (χ4n) is 3.10. The van der Waals surface area contributed by atoms with Gasteiger partial charge in [-0.3, -0.25) is 4.79 Å². The number of ether oxygens (including phenoxy) is 1. The minimum atomic E-state index is -0.893. The van der Waals surface area contributed by atoms with Crippen molar-refractivity contribution in [2.45, 2.75) is 19.9 Å². The molecule has 0 radical (unpaired) electrons. The van der Waals surface area contributed by atoms with Gasteiger partial charge < -0.3 is 14.4 Å². The molecular weight excluding hydrogens is 397 g/mol. The number of hydrogen-bond donors (Lipinski definition) is 1. The smallest absolute Gasteiger partial charge is 0.307 e. The zero-order chi connectivity index (χ0) is 19.0. The number of halogens is 3. The maximum atomic E-state index is 11.3. The standard InChI is InChI=1S/C19H16Cl3NO3/c1-10-12(7-19(24)25)13-6-18(26-2)16(22)8-17(13)23(10)9-11-3-4-14(20)15(21)5-11/h3-6,8H,7,9H2,1-2H3,(H,24,25). The number of carboxylic acids is 1. The van der Waals surface area contributed by atoms with Crippen molar-refractivity contribution in [3.63, 3.8) is 0 Å². The van der Waals surface area contributed by atoms with Crippen LogP contribution >= 0.6 is 34.8 Å². The molecule has 0 aliphatic heterocycles. The van der Waals surface area contributed by atoms with Crippen LogP contribution in [0.4, 0.5) is 0 Å². The van der Waals surface area contributed by atoms with Crippen molar-refractivity contribution in [1.82, 2.24) is 4.57 Å². The number of nitrogens with zero attached hydrogens (tertiary/aromatic N) is 1. The van der Waals surface area contributed by atoms with Crippen LogP contribution in [0.1, 0.15) is 16.8 Å². The van der Waals surface area contributed by atoms with Gasteiger partial charge >= 0.3 is 5.97 Å². The molecule has 0 saturated heterocycles. The monoisotopic (exact) mass is 411 g/mol. The lowest BCUT2D eigenvalue weighted by Crippen LogP contribution is -2.05. The molecule has 26 heavy (non-hydrogen) atoms. The fraction of sp³-hybridized carbons (Fsp3) is 0.211. The largest absolute Gasteiger partial charge is 0.495 e. The molecule has 0 spiro atoms. The molecule has 0 bridgehead atoms. The van der Waals surface area contributed by atoms with Crippen molar-refractivity contribution >= 4 is 51.7 Å². The Hall–Kier alpha value is -1.88. The van der Waals surface area contributed by atoms with Gasteiger partial charge in [0.05, 0.1) is 34.1 Å². The van der Waals surface area contributed by atoms with Crippen LogP contribution in [0.25, 0.3) is 10.9 Å². The van der Waals surface area contributed by atoms with Gasteiger partial charge in [0.25, 0.3) is 0 Å². The average molecular weight is 413 g/mol. The molecular formula is C19H16Cl3NO3. The third-order valence-electron chi connectivity index (χ3n) is 4.38. The second-order valence-electron chi connectivity index (χ2n) is 5.97. The van der Waals surface area contributed by atoms with Gasteiger partial charge in [0, 0.05) is 17.6 Å². The Labute approximate surface area is 165 Å². The molecule has 1 N–H and O–H groups in total. The van der Waals surface area contributed by atoms with E-state index < -0.39 is 5.97 Å². The zero-order valence-corrected chi connectivity index (χ0v) is 16.4. The van der Waals surface area contributed by atoms with Crippen molar-refractivity contribution in [1.29, 1.82) is 0 Å². The Kier molecular flexibility index (Phi) is 5.37. The van der Waals surface area contributed by atoms with E-state index in [0.29, 0.717) is 27.4 Å². The highest BCUT2D eigenvalue weighted by Gasteiger charge is 2.19. The third-order valence-corrected chi connectivity index (χ3v) is 5.41. The number of carbonyl (C=O) groups is 1. The minimum Gasteiger partial charge on any atom is -0.495 e. The topological polar surface area (TPSA) is 51.5 Å². The van der Waals surface area contributed by atoms with Crippen LogP contribution in [0.15, 0.2) is 30.3 Å². The molecule has 136 valence electrons. The van der Waals surface area contributed by atoms with E-state index in [1.807, 2.05) is 17.6 Å². The molecule has 3 rings (SSSR count). The first kappa shape index (κ1) is 18.9. The highest BCUT2D eigenvalue weighted by atomic mass is 35.5. The zero-order valence-electron chi connectivity index (χ0n) is 14.1. The van der Waals surface area contributed by atoms with Crippen molar-refractivity contribution < 1.29 is 14.6 Å². The molecule has 2 aromatic carbocycles. The Morgan fingerprint density at radius 2 is 1.85 bits per heavy atom. The van der Waals surface area contributed by atoms with Crippen molar-refractivity contribution in [2.75, 3.05) is 7.11 Å². The molecule has 0 amide bonds. The van der Waals surface area contributed by atoms with E-state index in [0.717, 1.165) is 27.7 Å². The van der Waals surface area contributed by atoms with Gasteiger partial charge in [0.15, 0.2) is 0 Å². The van der Waals surface area contributed by atoms with Gasteiger partial charge in [-0.2, -0.15) is 0 Å². The van der Waals surface area contributed by atoms with E-state index >= 15 is 0 Å². The minimum absolute atomic E-state index is 0.0819. The second kappa shape index (κ2) is 7.39. The molecule has 1 aromatic heterocycles. The molecule has 1 heterocycles. The molecule has 0 fully saturated rings. The summed E-state index contributed by atoms with van der Waals surface area (Å²) in [5, 5.41) is 11.5. The van der Waals surface area contributed by atoms with Crippen LogP contribution in [0.2, 0.25) is 15.1 Å². The Morgan fingerprint density at radius 3 is 2.46 bits per heavy atom. The lowest BCUT2D eigenvalue weighted by molar-refractivity contribution is -0.136. The lowest BCUT2D eigenvalue weighted by atomic mass is 10.1. The van der Waals surface area contributed by atoms with Crippen molar-refractivity contribution in [3.05, 3.63) is 62.2 Å². The van der Waals surface area contributed by atoms with Crippen LogP contribution < -0.4 is 4.74 Å². The Morgan fingerprint density at radius 1 is 1.12 bits per heavy atom. The molecule has 7 heteroatoms. The van der Waals surface area contributed by atoms with Crippen molar-refractivity contribution in [3.8, 4) is 5.75 Å². The normalized spacial score (nSPS) is 11.1. The summed E-state index contributed by atoms with van der Waals surface area (Å²) in [6, 6.07) is 9.02. The summed E-state index contributed by atoms with van der Waals surface area (Å²) in [4.78, 5) is 11.3. The highest BCUT2D eigenvalue weighted by molar-refractivity contribution is 6.42.